The first-order chi connectivity index (χ1) is 9.52. The van der Waals surface area contributed by atoms with Gasteiger partial charge in [0.25, 0.3) is 0 Å². The van der Waals surface area contributed by atoms with E-state index in [1.807, 2.05) is 23.4 Å². The van der Waals surface area contributed by atoms with Gasteiger partial charge in [-0.1, -0.05) is 25.6 Å². The molecule has 1 aromatic rings. The Kier molecular flexibility index (Phi) is 5.07. The fraction of sp³-hybridized carbons (Fsp3) is 0.786. The van der Waals surface area contributed by atoms with Gasteiger partial charge >= 0.3 is 0 Å². The molecule has 112 valence electrons. The van der Waals surface area contributed by atoms with Gasteiger partial charge in [0.1, 0.15) is 5.82 Å². The fourth-order valence-electron chi connectivity index (χ4n) is 2.45. The van der Waals surface area contributed by atoms with Gasteiger partial charge in [-0.25, -0.2) is 0 Å². The number of aryl methyl sites for hydroxylation is 1. The average Bonchev–Trinajstić information content (AvgIpc) is 2.79. The summed E-state index contributed by atoms with van der Waals surface area (Å²) in [6.07, 6.45) is 3.09. The van der Waals surface area contributed by atoms with Gasteiger partial charge in [0.2, 0.25) is 5.91 Å². The van der Waals surface area contributed by atoms with E-state index in [2.05, 4.69) is 24.0 Å². The van der Waals surface area contributed by atoms with Crippen molar-refractivity contribution in [2.24, 2.45) is 13.0 Å². The lowest BCUT2D eigenvalue weighted by atomic mass is 9.99. The smallest absolute Gasteiger partial charge is 0.235 e. The molecule has 0 N–H and O–H groups in total. The number of likely N-dealkylation sites (tertiary alicyclic amines) is 1. The number of piperidine rings is 1. The van der Waals surface area contributed by atoms with Crippen molar-refractivity contribution in [2.45, 2.75) is 50.4 Å². The van der Waals surface area contributed by atoms with E-state index in [1.165, 1.54) is 11.8 Å². The fourth-order valence-corrected chi connectivity index (χ4v) is 3.37. The molecule has 1 atom stereocenters. The van der Waals surface area contributed by atoms with Crippen LogP contribution in [0.25, 0.3) is 0 Å². The van der Waals surface area contributed by atoms with Gasteiger partial charge in [-0.15, -0.1) is 10.2 Å². The molecule has 1 aliphatic rings. The minimum Gasteiger partial charge on any atom is -0.342 e. The monoisotopic (exact) mass is 296 g/mol. The molecule has 1 aliphatic heterocycles. The maximum atomic E-state index is 12.4. The Bertz CT molecular complexity index is 466. The Morgan fingerprint density at radius 3 is 2.60 bits per heavy atom. The summed E-state index contributed by atoms with van der Waals surface area (Å²) < 4.78 is 1.98. The molecule has 2 rings (SSSR count). The number of carbonyl (C=O) groups is 1. The summed E-state index contributed by atoms with van der Waals surface area (Å²) in [6, 6.07) is 0. The topological polar surface area (TPSA) is 51.0 Å². The van der Waals surface area contributed by atoms with Crippen molar-refractivity contribution in [3.63, 3.8) is 0 Å². The second-order valence-corrected chi connectivity index (χ2v) is 6.89. The molecule has 0 saturated carbocycles. The summed E-state index contributed by atoms with van der Waals surface area (Å²) in [7, 11) is 1.96. The van der Waals surface area contributed by atoms with Crippen molar-refractivity contribution in [1.29, 1.82) is 0 Å². The van der Waals surface area contributed by atoms with Crippen LogP contribution in [0.2, 0.25) is 0 Å². The van der Waals surface area contributed by atoms with Crippen molar-refractivity contribution in [2.75, 3.05) is 13.1 Å². The summed E-state index contributed by atoms with van der Waals surface area (Å²) in [5.41, 5.74) is 0. The van der Waals surface area contributed by atoms with Gasteiger partial charge in [-0.3, -0.25) is 4.79 Å². The molecule has 20 heavy (non-hydrogen) atoms. The predicted octanol–water partition coefficient (Wildman–Crippen LogP) is 2.12. The lowest BCUT2D eigenvalue weighted by Gasteiger charge is -2.31. The van der Waals surface area contributed by atoms with Crippen LogP contribution in [0.3, 0.4) is 0 Å². The molecule has 2 heterocycles. The van der Waals surface area contributed by atoms with Crippen LogP contribution < -0.4 is 0 Å². The Hall–Kier alpha value is -1.04. The minimum absolute atomic E-state index is 0.101. The summed E-state index contributed by atoms with van der Waals surface area (Å²) in [6.45, 7) is 8.06. The quantitative estimate of drug-likeness (QED) is 0.799. The first-order valence-corrected chi connectivity index (χ1v) is 8.24. The Morgan fingerprint density at radius 2 is 2.05 bits per heavy atom. The highest BCUT2D eigenvalue weighted by Crippen LogP contribution is 2.25. The summed E-state index contributed by atoms with van der Waals surface area (Å²) in [5.74, 6) is 1.93. The summed E-state index contributed by atoms with van der Waals surface area (Å²) in [4.78, 5) is 14.4. The third-order valence-electron chi connectivity index (χ3n) is 3.97. The van der Waals surface area contributed by atoms with E-state index in [-0.39, 0.29) is 11.2 Å². The zero-order valence-corrected chi connectivity index (χ0v) is 13.6. The normalized spacial score (nSPS) is 18.3. The number of amides is 1. The molecular weight excluding hydrogens is 272 g/mol. The van der Waals surface area contributed by atoms with Gasteiger partial charge in [-0.05, 0) is 25.7 Å². The van der Waals surface area contributed by atoms with E-state index < -0.39 is 0 Å². The molecule has 0 bridgehead atoms. The number of nitrogens with zero attached hydrogens (tertiary/aromatic N) is 4. The number of aromatic nitrogens is 3. The van der Waals surface area contributed by atoms with Gasteiger partial charge < -0.3 is 9.47 Å². The van der Waals surface area contributed by atoms with E-state index in [0.29, 0.717) is 0 Å². The highest BCUT2D eigenvalue weighted by molar-refractivity contribution is 8.00. The third kappa shape index (κ3) is 3.34. The highest BCUT2D eigenvalue weighted by atomic mass is 32.2. The molecule has 0 unspecified atom stereocenters. The third-order valence-corrected chi connectivity index (χ3v) is 5.09. The Labute approximate surface area is 125 Å². The zero-order chi connectivity index (χ0) is 14.7. The molecule has 5 nitrogen and oxygen atoms in total. The van der Waals surface area contributed by atoms with Crippen LogP contribution in [0.5, 0.6) is 0 Å². The van der Waals surface area contributed by atoms with Gasteiger partial charge in [0.05, 0.1) is 5.25 Å². The first-order valence-electron chi connectivity index (χ1n) is 7.36. The van der Waals surface area contributed by atoms with Crippen LogP contribution in [-0.2, 0) is 18.3 Å². The van der Waals surface area contributed by atoms with Crippen LogP contribution in [0.1, 0.15) is 39.4 Å². The lowest BCUT2D eigenvalue weighted by molar-refractivity contribution is -0.131. The van der Waals surface area contributed by atoms with E-state index in [4.69, 9.17) is 0 Å². The molecule has 1 saturated heterocycles. The second-order valence-electron chi connectivity index (χ2n) is 5.58. The summed E-state index contributed by atoms with van der Waals surface area (Å²) in [5, 5.41) is 9.03. The number of thioether (sulfide) groups is 1. The van der Waals surface area contributed by atoms with Crippen molar-refractivity contribution in [3.05, 3.63) is 5.82 Å². The number of hydrogen-bond acceptors (Lipinski definition) is 4. The first kappa shape index (κ1) is 15.4. The summed E-state index contributed by atoms with van der Waals surface area (Å²) >= 11 is 1.51. The van der Waals surface area contributed by atoms with Gasteiger partial charge in [0, 0.05) is 26.6 Å². The van der Waals surface area contributed by atoms with Crippen molar-refractivity contribution in [3.8, 4) is 0 Å². The maximum absolute atomic E-state index is 12.4. The second kappa shape index (κ2) is 6.61. The molecule has 1 aromatic heterocycles. The van der Waals surface area contributed by atoms with Crippen molar-refractivity contribution in [1.82, 2.24) is 19.7 Å². The Morgan fingerprint density at radius 1 is 1.40 bits per heavy atom. The van der Waals surface area contributed by atoms with Gasteiger partial charge in [-0.2, -0.15) is 0 Å². The van der Waals surface area contributed by atoms with E-state index in [0.717, 1.165) is 49.3 Å². The Balaban J connectivity index is 1.95. The zero-order valence-electron chi connectivity index (χ0n) is 12.8. The van der Waals surface area contributed by atoms with Crippen molar-refractivity contribution >= 4 is 17.7 Å². The van der Waals surface area contributed by atoms with Gasteiger partial charge in [0.15, 0.2) is 5.16 Å². The van der Waals surface area contributed by atoms with Crippen LogP contribution in [0, 0.1) is 5.92 Å². The maximum Gasteiger partial charge on any atom is 0.235 e. The molecule has 0 spiro atoms. The van der Waals surface area contributed by atoms with Crippen LogP contribution in [0.15, 0.2) is 5.16 Å². The lowest BCUT2D eigenvalue weighted by Crippen LogP contribution is -2.41. The minimum atomic E-state index is -0.101. The van der Waals surface area contributed by atoms with E-state index >= 15 is 0 Å². The molecular formula is C14H24N4OS. The largest absolute Gasteiger partial charge is 0.342 e. The van der Waals surface area contributed by atoms with E-state index in [9.17, 15) is 4.79 Å². The van der Waals surface area contributed by atoms with Crippen LogP contribution >= 0.6 is 11.8 Å². The average molecular weight is 296 g/mol. The number of rotatable bonds is 4. The van der Waals surface area contributed by atoms with E-state index in [1.54, 1.807) is 0 Å². The van der Waals surface area contributed by atoms with Crippen LogP contribution in [0.4, 0.5) is 0 Å². The molecule has 0 radical (unpaired) electrons. The molecule has 0 aromatic carbocycles. The molecule has 1 amide bonds. The molecule has 0 aliphatic carbocycles. The number of carbonyl (C=O) groups excluding carboxylic acids is 1. The standard InChI is InChI=1S/C14H24N4OS/c1-5-12-15-16-14(17(12)4)20-11(3)13(19)18-8-6-10(2)7-9-18/h10-11H,5-9H2,1-4H3/t11-/m0/s1. The highest BCUT2D eigenvalue weighted by Gasteiger charge is 2.26. The molecule has 6 heteroatoms. The van der Waals surface area contributed by atoms with Crippen LogP contribution in [-0.4, -0.2) is 43.9 Å². The predicted molar refractivity (Wildman–Crippen MR) is 80.7 cm³/mol. The number of hydrogen-bond donors (Lipinski definition) is 0. The molecule has 1 fully saturated rings. The SMILES string of the molecule is CCc1nnc(S[C@@H](C)C(=O)N2CCC(C)CC2)n1C. The van der Waals surface area contributed by atoms with Crippen molar-refractivity contribution < 1.29 is 4.79 Å².